The molecule has 0 radical (unpaired) electrons. The molecule has 64 valence electrons. The van der Waals surface area contributed by atoms with Gasteiger partial charge in [-0.15, -0.1) is 0 Å². The van der Waals surface area contributed by atoms with Crippen molar-refractivity contribution in [3.05, 3.63) is 24.5 Å². The van der Waals surface area contributed by atoms with Gasteiger partial charge in [-0.25, -0.2) is 0 Å². The van der Waals surface area contributed by atoms with E-state index in [1.54, 1.807) is 6.92 Å². The van der Waals surface area contributed by atoms with Gasteiger partial charge >= 0.3 is 6.18 Å². The summed E-state index contributed by atoms with van der Waals surface area (Å²) in [6, 6.07) is 0. The molecular formula is C7H9F3O. The SMILES string of the molecule is C=C(OCC)C(=C)C(F)(F)F. The first kappa shape index (κ1) is 10.1. The van der Waals surface area contributed by atoms with Crippen molar-refractivity contribution in [1.29, 1.82) is 0 Å². The molecule has 0 unspecified atom stereocenters. The van der Waals surface area contributed by atoms with Crippen molar-refractivity contribution in [2.45, 2.75) is 13.1 Å². The second kappa shape index (κ2) is 3.46. The highest BCUT2D eigenvalue weighted by atomic mass is 19.4. The van der Waals surface area contributed by atoms with Crippen LogP contribution >= 0.6 is 0 Å². The Bertz CT molecular complexity index is 169. The fraction of sp³-hybridized carbons (Fsp3) is 0.429. The van der Waals surface area contributed by atoms with Crippen LogP contribution in [0.4, 0.5) is 13.2 Å². The van der Waals surface area contributed by atoms with Gasteiger partial charge in [-0.05, 0) is 6.92 Å². The van der Waals surface area contributed by atoms with Crippen molar-refractivity contribution in [2.24, 2.45) is 0 Å². The third-order valence-electron chi connectivity index (χ3n) is 0.997. The number of hydrogen-bond donors (Lipinski definition) is 0. The minimum atomic E-state index is -4.44. The Morgan fingerprint density at radius 1 is 1.36 bits per heavy atom. The largest absolute Gasteiger partial charge is 0.494 e. The molecule has 0 spiro atoms. The van der Waals surface area contributed by atoms with E-state index < -0.39 is 17.5 Å². The minimum absolute atomic E-state index is 0.161. The van der Waals surface area contributed by atoms with Crippen LogP contribution in [0.25, 0.3) is 0 Å². The molecule has 1 nitrogen and oxygen atoms in total. The van der Waals surface area contributed by atoms with Crippen LogP contribution in [-0.4, -0.2) is 12.8 Å². The third-order valence-corrected chi connectivity index (χ3v) is 0.997. The first-order chi connectivity index (χ1) is 4.89. The van der Waals surface area contributed by atoms with Gasteiger partial charge in [0.2, 0.25) is 0 Å². The lowest BCUT2D eigenvalue weighted by molar-refractivity contribution is -0.0932. The molecule has 0 fully saturated rings. The summed E-state index contributed by atoms with van der Waals surface area (Å²) in [6.45, 7) is 7.60. The minimum Gasteiger partial charge on any atom is -0.494 e. The molecule has 0 aliphatic rings. The van der Waals surface area contributed by atoms with Crippen LogP contribution in [0.5, 0.6) is 0 Å². The monoisotopic (exact) mass is 166 g/mol. The van der Waals surface area contributed by atoms with Crippen molar-refractivity contribution >= 4 is 0 Å². The van der Waals surface area contributed by atoms with Crippen LogP contribution in [0, 0.1) is 0 Å². The van der Waals surface area contributed by atoms with Gasteiger partial charge in [0.15, 0.2) is 0 Å². The Kier molecular flexibility index (Phi) is 3.17. The van der Waals surface area contributed by atoms with Crippen molar-refractivity contribution in [2.75, 3.05) is 6.61 Å². The summed E-state index contributed by atoms with van der Waals surface area (Å²) in [6.07, 6.45) is -4.44. The lowest BCUT2D eigenvalue weighted by atomic mass is 10.2. The van der Waals surface area contributed by atoms with E-state index in [0.29, 0.717) is 0 Å². The maximum Gasteiger partial charge on any atom is 0.419 e. The molecule has 0 aliphatic heterocycles. The zero-order chi connectivity index (χ0) is 9.07. The summed E-state index contributed by atoms with van der Waals surface area (Å²) in [5, 5.41) is 0. The van der Waals surface area contributed by atoms with E-state index in [4.69, 9.17) is 0 Å². The van der Waals surface area contributed by atoms with E-state index in [9.17, 15) is 13.2 Å². The number of rotatable bonds is 3. The first-order valence-corrected chi connectivity index (χ1v) is 2.97. The third kappa shape index (κ3) is 3.11. The number of allylic oxidation sites excluding steroid dienone is 1. The van der Waals surface area contributed by atoms with E-state index >= 15 is 0 Å². The molecule has 0 N–H and O–H groups in total. The molecule has 0 aromatic rings. The summed E-state index contributed by atoms with van der Waals surface area (Å²) in [4.78, 5) is 0. The van der Waals surface area contributed by atoms with Crippen LogP contribution in [0.1, 0.15) is 6.92 Å². The highest BCUT2D eigenvalue weighted by Gasteiger charge is 2.34. The number of alkyl halides is 3. The highest BCUT2D eigenvalue weighted by Crippen LogP contribution is 2.28. The van der Waals surface area contributed by atoms with Crippen molar-refractivity contribution in [3.63, 3.8) is 0 Å². The highest BCUT2D eigenvalue weighted by molar-refractivity contribution is 5.24. The fourth-order valence-corrected chi connectivity index (χ4v) is 0.419. The molecule has 0 amide bonds. The summed E-state index contributed by atoms with van der Waals surface area (Å²) in [7, 11) is 0. The van der Waals surface area contributed by atoms with Gasteiger partial charge in [0, 0.05) is 0 Å². The first-order valence-electron chi connectivity index (χ1n) is 2.97. The Morgan fingerprint density at radius 3 is 2.09 bits per heavy atom. The topological polar surface area (TPSA) is 9.23 Å². The predicted molar refractivity (Wildman–Crippen MR) is 36.0 cm³/mol. The van der Waals surface area contributed by atoms with Gasteiger partial charge in [-0.2, -0.15) is 13.2 Å². The van der Waals surface area contributed by atoms with Crippen LogP contribution in [0.2, 0.25) is 0 Å². The van der Waals surface area contributed by atoms with Gasteiger partial charge in [-0.3, -0.25) is 0 Å². The molecule has 0 aromatic carbocycles. The molecule has 0 saturated carbocycles. The van der Waals surface area contributed by atoms with Crippen LogP contribution < -0.4 is 0 Å². The molecule has 4 heteroatoms. The Morgan fingerprint density at radius 2 is 1.82 bits per heavy atom. The van der Waals surface area contributed by atoms with E-state index in [1.165, 1.54) is 0 Å². The summed E-state index contributed by atoms with van der Waals surface area (Å²) < 4.78 is 39.9. The zero-order valence-corrected chi connectivity index (χ0v) is 6.16. The summed E-state index contributed by atoms with van der Waals surface area (Å²) in [5.74, 6) is -0.417. The maximum absolute atomic E-state index is 11.8. The summed E-state index contributed by atoms with van der Waals surface area (Å²) >= 11 is 0. The van der Waals surface area contributed by atoms with Crippen molar-refractivity contribution in [3.8, 4) is 0 Å². The number of hydrogen-bond acceptors (Lipinski definition) is 1. The average molecular weight is 166 g/mol. The van der Waals surface area contributed by atoms with Crippen LogP contribution in [0.3, 0.4) is 0 Å². The van der Waals surface area contributed by atoms with Gasteiger partial charge in [0.25, 0.3) is 0 Å². The molecule has 0 aromatic heterocycles. The summed E-state index contributed by atoms with van der Waals surface area (Å²) in [5.41, 5.74) is -1.03. The molecular weight excluding hydrogens is 157 g/mol. The zero-order valence-electron chi connectivity index (χ0n) is 6.16. The lowest BCUT2D eigenvalue weighted by Gasteiger charge is -2.12. The number of halogens is 3. The molecule has 0 atom stereocenters. The van der Waals surface area contributed by atoms with E-state index in [-0.39, 0.29) is 6.61 Å². The lowest BCUT2D eigenvalue weighted by Crippen LogP contribution is -2.13. The van der Waals surface area contributed by atoms with E-state index in [1.807, 2.05) is 0 Å². The second-order valence-electron chi connectivity index (χ2n) is 1.83. The standard InChI is InChI=1S/C7H9F3O/c1-4-11-6(3)5(2)7(8,9)10/h2-4H2,1H3. The molecule has 0 heterocycles. The Balaban J connectivity index is 4.15. The molecule has 11 heavy (non-hydrogen) atoms. The van der Waals surface area contributed by atoms with Crippen LogP contribution in [-0.2, 0) is 4.74 Å². The van der Waals surface area contributed by atoms with Crippen molar-refractivity contribution in [1.82, 2.24) is 0 Å². The molecule has 0 bridgehead atoms. The maximum atomic E-state index is 11.8. The molecule has 0 aliphatic carbocycles. The smallest absolute Gasteiger partial charge is 0.419 e. The predicted octanol–water partition coefficient (Wildman–Crippen LogP) is 2.66. The van der Waals surface area contributed by atoms with Gasteiger partial charge in [0.1, 0.15) is 5.76 Å². The van der Waals surface area contributed by atoms with Crippen LogP contribution in [0.15, 0.2) is 24.5 Å². The molecule has 0 saturated heterocycles. The molecule has 0 rings (SSSR count). The second-order valence-corrected chi connectivity index (χ2v) is 1.83. The number of ether oxygens (including phenoxy) is 1. The quantitative estimate of drug-likeness (QED) is 0.462. The van der Waals surface area contributed by atoms with Gasteiger partial charge in [0.05, 0.1) is 12.2 Å². The van der Waals surface area contributed by atoms with E-state index in [0.717, 1.165) is 0 Å². The van der Waals surface area contributed by atoms with Gasteiger partial charge in [-0.1, -0.05) is 13.2 Å². The normalized spacial score (nSPS) is 10.9. The Labute approximate surface area is 63.2 Å². The average Bonchev–Trinajstić information content (AvgIpc) is 1.85. The van der Waals surface area contributed by atoms with E-state index in [2.05, 4.69) is 17.9 Å². The Hall–Kier alpha value is -0.930. The fourth-order valence-electron chi connectivity index (χ4n) is 0.419. The van der Waals surface area contributed by atoms with Crippen molar-refractivity contribution < 1.29 is 17.9 Å². The van der Waals surface area contributed by atoms with Gasteiger partial charge < -0.3 is 4.74 Å².